The van der Waals surface area contributed by atoms with Gasteiger partial charge in [0.15, 0.2) is 0 Å². The molecule has 0 unspecified atom stereocenters. The summed E-state index contributed by atoms with van der Waals surface area (Å²) in [4.78, 5) is 29.9. The van der Waals surface area contributed by atoms with Gasteiger partial charge in [0, 0.05) is 32.6 Å². The van der Waals surface area contributed by atoms with Crippen LogP contribution in [0.25, 0.3) is 0 Å². The van der Waals surface area contributed by atoms with Crippen molar-refractivity contribution in [2.24, 2.45) is 11.8 Å². The highest BCUT2D eigenvalue weighted by molar-refractivity contribution is 5.82. The summed E-state index contributed by atoms with van der Waals surface area (Å²) in [6, 6.07) is 0.159. The van der Waals surface area contributed by atoms with Crippen molar-refractivity contribution in [1.82, 2.24) is 9.80 Å². The zero-order chi connectivity index (χ0) is 16.9. The molecule has 2 amide bonds. The molecule has 4 nitrogen and oxygen atoms in total. The minimum Gasteiger partial charge on any atom is -0.345 e. The first-order valence-corrected chi connectivity index (χ1v) is 10.2. The molecular formula is C20H34N2O2. The average Bonchev–Trinajstić information content (AvgIpc) is 3.23. The van der Waals surface area contributed by atoms with E-state index in [0.717, 1.165) is 51.6 Å². The molecule has 3 aliphatic rings. The zero-order valence-corrected chi connectivity index (χ0v) is 15.3. The quantitative estimate of drug-likeness (QED) is 0.774. The van der Waals surface area contributed by atoms with Crippen LogP contribution in [0.3, 0.4) is 0 Å². The third kappa shape index (κ3) is 4.12. The van der Waals surface area contributed by atoms with Gasteiger partial charge in [-0.2, -0.15) is 0 Å². The lowest BCUT2D eigenvalue weighted by molar-refractivity contribution is -0.140. The summed E-state index contributed by atoms with van der Waals surface area (Å²) in [6.07, 6.45) is 13.3. The fourth-order valence-corrected chi connectivity index (χ4v) is 5.03. The second kappa shape index (κ2) is 8.35. The van der Waals surface area contributed by atoms with Crippen LogP contribution in [0.5, 0.6) is 0 Å². The first-order valence-electron chi connectivity index (χ1n) is 10.2. The zero-order valence-electron chi connectivity index (χ0n) is 15.3. The number of hydrogen-bond acceptors (Lipinski definition) is 2. The topological polar surface area (TPSA) is 40.6 Å². The van der Waals surface area contributed by atoms with Gasteiger partial charge in [0.05, 0.1) is 5.92 Å². The van der Waals surface area contributed by atoms with Crippen LogP contribution >= 0.6 is 0 Å². The molecule has 4 heteroatoms. The van der Waals surface area contributed by atoms with Crippen molar-refractivity contribution < 1.29 is 9.59 Å². The summed E-state index contributed by atoms with van der Waals surface area (Å²) < 4.78 is 0. The maximum atomic E-state index is 13.0. The molecule has 0 aromatic heterocycles. The van der Waals surface area contributed by atoms with Crippen LogP contribution in [0.4, 0.5) is 0 Å². The molecule has 0 aromatic rings. The predicted molar refractivity (Wildman–Crippen MR) is 95.5 cm³/mol. The van der Waals surface area contributed by atoms with Crippen molar-refractivity contribution in [2.75, 3.05) is 20.1 Å². The van der Waals surface area contributed by atoms with Gasteiger partial charge < -0.3 is 9.80 Å². The molecule has 24 heavy (non-hydrogen) atoms. The van der Waals surface area contributed by atoms with Crippen LogP contribution < -0.4 is 0 Å². The highest BCUT2D eigenvalue weighted by Gasteiger charge is 2.40. The van der Waals surface area contributed by atoms with E-state index in [0.29, 0.717) is 18.2 Å². The van der Waals surface area contributed by atoms with E-state index in [2.05, 4.69) is 4.90 Å². The Labute approximate surface area is 146 Å². The number of amides is 2. The molecule has 3 fully saturated rings. The minimum absolute atomic E-state index is 0.0422. The van der Waals surface area contributed by atoms with E-state index >= 15 is 0 Å². The summed E-state index contributed by atoms with van der Waals surface area (Å²) >= 11 is 0. The number of nitrogens with zero attached hydrogens (tertiary/aromatic N) is 2. The van der Waals surface area contributed by atoms with Gasteiger partial charge in [-0.1, -0.05) is 32.1 Å². The largest absolute Gasteiger partial charge is 0.345 e. The van der Waals surface area contributed by atoms with Gasteiger partial charge in [0.2, 0.25) is 11.8 Å². The first kappa shape index (κ1) is 17.8. The van der Waals surface area contributed by atoms with Gasteiger partial charge in [0.1, 0.15) is 0 Å². The summed E-state index contributed by atoms with van der Waals surface area (Å²) in [5.74, 6) is 1.24. The molecule has 1 heterocycles. The molecule has 2 saturated carbocycles. The van der Waals surface area contributed by atoms with E-state index in [9.17, 15) is 9.59 Å². The maximum absolute atomic E-state index is 13.0. The predicted octanol–water partition coefficient (Wildman–Crippen LogP) is 3.60. The molecular weight excluding hydrogens is 300 g/mol. The lowest BCUT2D eigenvalue weighted by Crippen LogP contribution is -2.48. The van der Waals surface area contributed by atoms with Gasteiger partial charge in [-0.15, -0.1) is 0 Å². The third-order valence-electron chi connectivity index (χ3n) is 6.47. The van der Waals surface area contributed by atoms with E-state index in [4.69, 9.17) is 0 Å². The van der Waals surface area contributed by atoms with Crippen LogP contribution in [-0.4, -0.2) is 47.8 Å². The Hall–Kier alpha value is -1.06. The van der Waals surface area contributed by atoms with Crippen LogP contribution in [0.1, 0.15) is 77.0 Å². The molecule has 0 spiro atoms. The SMILES string of the molecule is CN1CCCCCCN(C(=O)CC2CCCC2)[C@H]2CCC[C@H]2C1=O. The molecule has 0 N–H and O–H groups in total. The van der Waals surface area contributed by atoms with Gasteiger partial charge in [-0.3, -0.25) is 9.59 Å². The van der Waals surface area contributed by atoms with Gasteiger partial charge >= 0.3 is 0 Å². The van der Waals surface area contributed by atoms with E-state index in [1.165, 1.54) is 32.1 Å². The molecule has 2 atom stereocenters. The fraction of sp³-hybridized carbons (Fsp3) is 0.900. The Morgan fingerprint density at radius 2 is 1.62 bits per heavy atom. The maximum Gasteiger partial charge on any atom is 0.227 e. The molecule has 0 radical (unpaired) electrons. The van der Waals surface area contributed by atoms with Crippen LogP contribution in [0.15, 0.2) is 0 Å². The number of hydrogen-bond donors (Lipinski definition) is 0. The van der Waals surface area contributed by atoms with E-state index in [1.54, 1.807) is 0 Å². The molecule has 0 bridgehead atoms. The van der Waals surface area contributed by atoms with E-state index < -0.39 is 0 Å². The molecule has 3 rings (SSSR count). The first-order chi connectivity index (χ1) is 11.7. The van der Waals surface area contributed by atoms with Crippen molar-refractivity contribution in [3.05, 3.63) is 0 Å². The number of carbonyl (C=O) groups is 2. The van der Waals surface area contributed by atoms with Gasteiger partial charge in [0.25, 0.3) is 0 Å². The molecule has 1 saturated heterocycles. The van der Waals surface area contributed by atoms with Crippen molar-refractivity contribution in [1.29, 1.82) is 0 Å². The monoisotopic (exact) mass is 334 g/mol. The average molecular weight is 335 g/mol. The summed E-state index contributed by atoms with van der Waals surface area (Å²) in [5, 5.41) is 0. The summed E-state index contributed by atoms with van der Waals surface area (Å²) in [7, 11) is 1.94. The smallest absolute Gasteiger partial charge is 0.227 e. The van der Waals surface area contributed by atoms with Gasteiger partial charge in [-0.05, 0) is 44.4 Å². The van der Waals surface area contributed by atoms with Crippen molar-refractivity contribution >= 4 is 11.8 Å². The molecule has 1 aliphatic heterocycles. The second-order valence-corrected chi connectivity index (χ2v) is 8.22. The number of rotatable bonds is 2. The Bertz CT molecular complexity index is 445. The van der Waals surface area contributed by atoms with Gasteiger partial charge in [-0.25, -0.2) is 0 Å². The Balaban J connectivity index is 1.73. The van der Waals surface area contributed by atoms with Crippen molar-refractivity contribution in [2.45, 2.75) is 83.1 Å². The van der Waals surface area contributed by atoms with Crippen molar-refractivity contribution in [3.8, 4) is 0 Å². The van der Waals surface area contributed by atoms with Crippen LogP contribution in [-0.2, 0) is 9.59 Å². The lowest BCUT2D eigenvalue weighted by atomic mass is 9.97. The van der Waals surface area contributed by atoms with Crippen LogP contribution in [0, 0.1) is 11.8 Å². The number of fused-ring (bicyclic) bond motifs is 1. The summed E-state index contributed by atoms with van der Waals surface area (Å²) in [6.45, 7) is 1.74. The van der Waals surface area contributed by atoms with Crippen LogP contribution in [0.2, 0.25) is 0 Å². The van der Waals surface area contributed by atoms with Crippen molar-refractivity contribution in [3.63, 3.8) is 0 Å². The molecule has 136 valence electrons. The highest BCUT2D eigenvalue weighted by Crippen LogP contribution is 2.34. The Morgan fingerprint density at radius 3 is 2.38 bits per heavy atom. The highest BCUT2D eigenvalue weighted by atomic mass is 16.2. The fourth-order valence-electron chi connectivity index (χ4n) is 5.03. The number of carbonyl (C=O) groups excluding carboxylic acids is 2. The third-order valence-corrected chi connectivity index (χ3v) is 6.47. The second-order valence-electron chi connectivity index (χ2n) is 8.22. The standard InChI is InChI=1S/C20H34N2O2/c1-21-13-6-2-3-7-14-22(18-12-8-11-17(18)20(21)24)19(23)15-16-9-4-5-10-16/h16-18H,2-15H2,1H3/t17-,18+/m1/s1. The lowest BCUT2D eigenvalue weighted by Gasteiger charge is -2.34. The Morgan fingerprint density at radius 1 is 0.917 bits per heavy atom. The Kier molecular flexibility index (Phi) is 6.18. The van der Waals surface area contributed by atoms with E-state index in [-0.39, 0.29) is 17.9 Å². The van der Waals surface area contributed by atoms with E-state index in [1.807, 2.05) is 11.9 Å². The normalized spacial score (nSPS) is 30.3. The summed E-state index contributed by atoms with van der Waals surface area (Å²) in [5.41, 5.74) is 0. The molecule has 2 aliphatic carbocycles. The molecule has 0 aromatic carbocycles. The minimum atomic E-state index is 0.0422.